The Labute approximate surface area is 210 Å². The molecule has 0 radical (unpaired) electrons. The van der Waals surface area contributed by atoms with E-state index in [0.29, 0.717) is 14.5 Å². The van der Waals surface area contributed by atoms with E-state index in [0.717, 1.165) is 0 Å². The second-order valence-corrected chi connectivity index (χ2v) is 13.7. The molecule has 0 bridgehead atoms. The minimum Gasteiger partial charge on any atom is -0.0654 e. The Morgan fingerprint density at radius 1 is 0.594 bits per heavy atom. The molecule has 0 atom stereocenters. The second-order valence-electron chi connectivity index (χ2n) is 9.80. The SMILES string of the molecule is CCCCCCCCCCc1c(C)sc(-c2ccc(C)[se]2)c1CCCCCCCCCC. The van der Waals surface area contributed by atoms with Crippen LogP contribution in [0.1, 0.15) is 137 Å². The molecule has 32 heavy (non-hydrogen) atoms. The smallest absolute Gasteiger partial charge is 0.0654 e. The first-order chi connectivity index (χ1) is 15.7. The van der Waals surface area contributed by atoms with E-state index in [1.807, 2.05) is 0 Å². The number of hydrogen-bond donors (Lipinski definition) is 0. The molecule has 2 heteroatoms. The molecule has 0 N–H and O–H groups in total. The minimum atomic E-state index is 0.557. The van der Waals surface area contributed by atoms with Gasteiger partial charge in [-0.2, -0.15) is 0 Å². The van der Waals surface area contributed by atoms with Gasteiger partial charge in [0.1, 0.15) is 0 Å². The summed E-state index contributed by atoms with van der Waals surface area (Å²) in [4.78, 5) is 3.27. The summed E-state index contributed by atoms with van der Waals surface area (Å²) in [5.41, 5.74) is 3.48. The van der Waals surface area contributed by atoms with Crippen LogP contribution in [0.5, 0.6) is 0 Å². The van der Waals surface area contributed by atoms with Gasteiger partial charge in [0.15, 0.2) is 0 Å². The fourth-order valence-corrected chi connectivity index (χ4v) is 8.25. The van der Waals surface area contributed by atoms with Gasteiger partial charge in [0.05, 0.1) is 0 Å². The summed E-state index contributed by atoms with van der Waals surface area (Å²) in [5, 5.41) is 0. The molecule has 0 fully saturated rings. The van der Waals surface area contributed by atoms with E-state index >= 15 is 0 Å². The Bertz CT molecular complexity index is 723. The molecular formula is C30H50SSe. The molecule has 0 saturated carbocycles. The van der Waals surface area contributed by atoms with Gasteiger partial charge >= 0.3 is 191 Å². The van der Waals surface area contributed by atoms with Crippen LogP contribution in [0.2, 0.25) is 0 Å². The predicted molar refractivity (Wildman–Crippen MR) is 149 cm³/mol. The molecule has 2 aromatic rings. The third-order valence-corrected chi connectivity index (χ3v) is 10.5. The van der Waals surface area contributed by atoms with Gasteiger partial charge in [0, 0.05) is 0 Å². The molecular weight excluding hydrogens is 471 g/mol. The van der Waals surface area contributed by atoms with Crippen LogP contribution < -0.4 is 0 Å². The van der Waals surface area contributed by atoms with E-state index in [2.05, 4.69) is 51.2 Å². The molecule has 2 aromatic heterocycles. The monoisotopic (exact) mass is 522 g/mol. The van der Waals surface area contributed by atoms with Crippen molar-refractivity contribution in [2.75, 3.05) is 0 Å². The maximum atomic E-state index is 2.43. The normalized spacial score (nSPS) is 11.5. The molecule has 0 aliphatic carbocycles. The van der Waals surface area contributed by atoms with Gasteiger partial charge < -0.3 is 0 Å². The van der Waals surface area contributed by atoms with Crippen LogP contribution in [0.15, 0.2) is 12.1 Å². The fraction of sp³-hybridized carbons (Fsp3) is 0.733. The van der Waals surface area contributed by atoms with Crippen molar-refractivity contribution in [3.8, 4) is 9.31 Å². The number of rotatable bonds is 19. The Morgan fingerprint density at radius 2 is 1.06 bits per heavy atom. The number of unbranched alkanes of at least 4 members (excludes halogenated alkanes) is 14. The third-order valence-electron chi connectivity index (χ3n) is 6.84. The van der Waals surface area contributed by atoms with Gasteiger partial charge in [-0.05, 0) is 0 Å². The summed E-state index contributed by atoms with van der Waals surface area (Å²) in [6.07, 6.45) is 25.3. The molecule has 2 heterocycles. The van der Waals surface area contributed by atoms with Crippen LogP contribution in [-0.2, 0) is 12.8 Å². The summed E-state index contributed by atoms with van der Waals surface area (Å²) in [6, 6.07) is 4.79. The van der Waals surface area contributed by atoms with Crippen LogP contribution in [0.4, 0.5) is 0 Å². The second kappa shape index (κ2) is 17.2. The van der Waals surface area contributed by atoms with Crippen molar-refractivity contribution >= 4 is 25.8 Å². The van der Waals surface area contributed by atoms with Crippen LogP contribution in [0.3, 0.4) is 0 Å². The van der Waals surface area contributed by atoms with Crippen LogP contribution in [0.25, 0.3) is 9.31 Å². The third kappa shape index (κ3) is 10.3. The Hall–Kier alpha value is -0.301. The van der Waals surface area contributed by atoms with Gasteiger partial charge in [-0.25, -0.2) is 0 Å². The Balaban J connectivity index is 1.88. The van der Waals surface area contributed by atoms with Crippen molar-refractivity contribution in [1.82, 2.24) is 0 Å². The van der Waals surface area contributed by atoms with E-state index in [1.54, 1.807) is 29.8 Å². The van der Waals surface area contributed by atoms with E-state index in [1.165, 1.54) is 116 Å². The van der Waals surface area contributed by atoms with Gasteiger partial charge in [0.2, 0.25) is 0 Å². The zero-order valence-corrected chi connectivity index (χ0v) is 24.2. The summed E-state index contributed by atoms with van der Waals surface area (Å²) in [7, 11) is 0. The molecule has 0 nitrogen and oxygen atoms in total. The molecule has 0 saturated heterocycles. The molecule has 0 spiro atoms. The Morgan fingerprint density at radius 3 is 1.53 bits per heavy atom. The fourth-order valence-electron chi connectivity index (χ4n) is 4.84. The average Bonchev–Trinajstić information content (AvgIpc) is 3.35. The van der Waals surface area contributed by atoms with Crippen LogP contribution in [0, 0.1) is 13.8 Å². The summed E-state index contributed by atoms with van der Waals surface area (Å²) in [6.45, 7) is 9.32. The molecule has 0 aliphatic heterocycles. The van der Waals surface area contributed by atoms with E-state index in [9.17, 15) is 0 Å². The van der Waals surface area contributed by atoms with Gasteiger partial charge in [0.25, 0.3) is 0 Å². The summed E-state index contributed by atoms with van der Waals surface area (Å²) < 4.78 is 3.24. The average molecular weight is 522 g/mol. The number of thiophene rings is 1. The van der Waals surface area contributed by atoms with Crippen molar-refractivity contribution in [3.05, 3.63) is 32.6 Å². The van der Waals surface area contributed by atoms with Crippen LogP contribution in [-0.4, -0.2) is 14.5 Å². The van der Waals surface area contributed by atoms with E-state index in [-0.39, 0.29) is 0 Å². The zero-order valence-electron chi connectivity index (χ0n) is 21.7. The number of aryl methyl sites for hydroxylation is 2. The van der Waals surface area contributed by atoms with Crippen molar-refractivity contribution in [2.45, 2.75) is 143 Å². The van der Waals surface area contributed by atoms with Crippen LogP contribution >= 0.6 is 11.3 Å². The molecule has 0 aliphatic rings. The standard InChI is InChI=1S/C30H50SSe/c1-5-7-9-11-13-15-17-19-21-27-26(4)31-30(29-24-23-25(3)32-29)28(27)22-20-18-16-14-12-10-8-6-2/h23-24H,5-22H2,1-4H3. The molecule has 2 rings (SSSR count). The molecule has 0 unspecified atom stereocenters. The number of hydrogen-bond acceptors (Lipinski definition) is 1. The first-order valence-corrected chi connectivity index (χ1v) is 16.4. The molecule has 0 amide bonds. The van der Waals surface area contributed by atoms with Gasteiger partial charge in [-0.3, -0.25) is 0 Å². The predicted octanol–water partition coefficient (Wildman–Crippen LogP) is 10.5. The minimum absolute atomic E-state index is 0.557. The first kappa shape index (κ1) is 27.9. The van der Waals surface area contributed by atoms with E-state index < -0.39 is 0 Å². The van der Waals surface area contributed by atoms with Crippen molar-refractivity contribution in [3.63, 3.8) is 0 Å². The molecule has 182 valence electrons. The van der Waals surface area contributed by atoms with Gasteiger partial charge in [-0.15, -0.1) is 0 Å². The van der Waals surface area contributed by atoms with Crippen molar-refractivity contribution in [2.24, 2.45) is 0 Å². The van der Waals surface area contributed by atoms with Crippen molar-refractivity contribution in [1.29, 1.82) is 0 Å². The maximum absolute atomic E-state index is 2.43. The molecule has 0 aromatic carbocycles. The summed E-state index contributed by atoms with van der Waals surface area (Å²) in [5.74, 6) is 0. The first-order valence-electron chi connectivity index (χ1n) is 13.8. The Kier molecular flexibility index (Phi) is 15.0. The van der Waals surface area contributed by atoms with E-state index in [4.69, 9.17) is 0 Å². The quantitative estimate of drug-likeness (QED) is 0.127. The van der Waals surface area contributed by atoms with Crippen molar-refractivity contribution < 1.29 is 0 Å². The zero-order chi connectivity index (χ0) is 23.0. The topological polar surface area (TPSA) is 0 Å². The van der Waals surface area contributed by atoms with Gasteiger partial charge in [-0.1, -0.05) is 20.3 Å². The summed E-state index contributed by atoms with van der Waals surface area (Å²) >= 11 is 2.67.